The highest BCUT2D eigenvalue weighted by Gasteiger charge is 2.66. The predicted octanol–water partition coefficient (Wildman–Crippen LogP) is 4.06. The van der Waals surface area contributed by atoms with E-state index < -0.39 is 39.2 Å². The van der Waals surface area contributed by atoms with Crippen LogP contribution in [0, 0.1) is 11.3 Å². The van der Waals surface area contributed by atoms with Crippen molar-refractivity contribution >= 4 is 27.6 Å². The molecule has 0 unspecified atom stereocenters. The molecule has 1 saturated heterocycles. The van der Waals surface area contributed by atoms with Gasteiger partial charge in [0.15, 0.2) is 10.8 Å². The van der Waals surface area contributed by atoms with Gasteiger partial charge in [-0.25, -0.2) is 19.4 Å². The first-order chi connectivity index (χ1) is 21.7. The first kappa shape index (κ1) is 32.0. The maximum absolute atomic E-state index is 13.6. The number of carbonyl (C=O) groups excluding carboxylic acids is 1. The van der Waals surface area contributed by atoms with Crippen molar-refractivity contribution in [2.75, 3.05) is 29.9 Å². The molecule has 1 saturated carbocycles. The number of nitrogens with zero attached hydrogens (tertiary/aromatic N) is 5. The minimum atomic E-state index is -4.47. The van der Waals surface area contributed by atoms with Crippen LogP contribution in [0.25, 0.3) is 5.82 Å². The molecule has 5 heterocycles. The fourth-order valence-corrected chi connectivity index (χ4v) is 7.34. The number of aliphatic hydroxyl groups is 1. The summed E-state index contributed by atoms with van der Waals surface area (Å²) >= 11 is 0. The van der Waals surface area contributed by atoms with Crippen molar-refractivity contribution in [1.29, 1.82) is 0 Å². The van der Waals surface area contributed by atoms with Crippen molar-refractivity contribution in [2.24, 2.45) is 11.3 Å². The van der Waals surface area contributed by atoms with Crippen LogP contribution in [0.4, 0.5) is 24.8 Å². The number of aromatic nitrogens is 4. The van der Waals surface area contributed by atoms with Gasteiger partial charge in [-0.2, -0.15) is 21.6 Å². The molecule has 248 valence electrons. The van der Waals surface area contributed by atoms with E-state index in [1.54, 1.807) is 18.3 Å². The summed E-state index contributed by atoms with van der Waals surface area (Å²) in [6, 6.07) is 9.06. The summed E-state index contributed by atoms with van der Waals surface area (Å²) in [5.74, 6) is 0.550. The van der Waals surface area contributed by atoms with Crippen molar-refractivity contribution in [3.63, 3.8) is 0 Å². The minimum Gasteiger partial charge on any atom is -0.476 e. The molecule has 1 amide bonds. The van der Waals surface area contributed by atoms with Crippen LogP contribution < -0.4 is 19.7 Å². The molecular weight excluding hydrogens is 627 g/mol. The smallest absolute Gasteiger partial charge is 0.396 e. The molecule has 0 radical (unpaired) electrons. The molecule has 3 aromatic rings. The second-order valence-electron chi connectivity index (χ2n) is 12.8. The fraction of sp³-hybridized carbons (Fsp3) is 0.533. The van der Waals surface area contributed by atoms with Gasteiger partial charge in [0.05, 0.1) is 23.7 Å². The lowest BCUT2D eigenvalue weighted by atomic mass is 9.93. The topological polar surface area (TPSA) is 152 Å². The first-order valence-corrected chi connectivity index (χ1v) is 16.7. The van der Waals surface area contributed by atoms with Crippen molar-refractivity contribution < 1.29 is 36.2 Å². The Labute approximate surface area is 264 Å². The van der Waals surface area contributed by atoms with Crippen LogP contribution in [-0.2, 0) is 10.0 Å². The third-order valence-electron chi connectivity index (χ3n) is 9.07. The van der Waals surface area contributed by atoms with Crippen LogP contribution in [-0.4, -0.2) is 76.7 Å². The SMILES string of the molecule is CC1(C)C[C@@H]2CCCNc3cccc(n3)S(=O)(=O)NC(=O)c3ccc(-n4ccc(OCC[C@@H](O)C5(C(F)(F)F)CC5)n4)nc3N1C2. The highest BCUT2D eigenvalue weighted by Crippen LogP contribution is 2.60. The largest absolute Gasteiger partial charge is 0.476 e. The van der Waals surface area contributed by atoms with E-state index in [0.29, 0.717) is 30.6 Å². The van der Waals surface area contributed by atoms with E-state index in [2.05, 4.69) is 34.0 Å². The highest BCUT2D eigenvalue weighted by atomic mass is 32.2. The summed E-state index contributed by atoms with van der Waals surface area (Å²) in [5, 5.41) is 17.4. The van der Waals surface area contributed by atoms with E-state index in [1.165, 1.54) is 28.9 Å². The number of anilines is 2. The van der Waals surface area contributed by atoms with E-state index >= 15 is 0 Å². The molecule has 0 aromatic carbocycles. The van der Waals surface area contributed by atoms with E-state index in [4.69, 9.17) is 9.72 Å². The molecule has 4 bridgehead atoms. The summed E-state index contributed by atoms with van der Waals surface area (Å²) in [5.41, 5.74) is -2.41. The number of hydrogen-bond acceptors (Lipinski definition) is 10. The van der Waals surface area contributed by atoms with Crippen LogP contribution in [0.5, 0.6) is 5.88 Å². The Bertz CT molecular complexity index is 1730. The summed E-state index contributed by atoms with van der Waals surface area (Å²) < 4.78 is 75.4. The van der Waals surface area contributed by atoms with Gasteiger partial charge in [0.2, 0.25) is 5.88 Å². The van der Waals surface area contributed by atoms with Crippen molar-refractivity contribution in [3.05, 3.63) is 48.2 Å². The van der Waals surface area contributed by atoms with Crippen molar-refractivity contribution in [1.82, 2.24) is 24.5 Å². The zero-order valence-electron chi connectivity index (χ0n) is 25.4. The number of amides is 1. The second-order valence-corrected chi connectivity index (χ2v) is 14.4. The number of aliphatic hydroxyl groups excluding tert-OH is 1. The Morgan fingerprint density at radius 2 is 1.93 bits per heavy atom. The van der Waals surface area contributed by atoms with Gasteiger partial charge in [-0.3, -0.25) is 4.79 Å². The standard InChI is InChI=1S/C30H36F3N7O5S/c1-28(2)17-19-5-4-14-34-22-6-3-7-25(35-22)46(43,44)38-27(42)20-8-9-23(36-26(20)39(28)18-19)40-15-10-24(37-40)45-16-11-21(41)29(12-13-29)30(31,32)33/h3,6-10,15,19,21,41H,4-5,11-14,16-18H2,1-2H3,(H,34,35)(H,38,42)/t19-,21+/m0/s1. The van der Waals surface area contributed by atoms with Gasteiger partial charge in [0, 0.05) is 37.3 Å². The van der Waals surface area contributed by atoms with Crippen molar-refractivity contribution in [2.45, 2.75) is 75.2 Å². The fourth-order valence-electron chi connectivity index (χ4n) is 6.40. The van der Waals surface area contributed by atoms with Gasteiger partial charge in [0.25, 0.3) is 15.9 Å². The molecule has 2 atom stereocenters. The highest BCUT2D eigenvalue weighted by molar-refractivity contribution is 7.90. The quantitative estimate of drug-likeness (QED) is 0.352. The molecule has 2 aliphatic heterocycles. The molecule has 0 spiro atoms. The molecule has 12 nitrogen and oxygen atoms in total. The number of carbonyl (C=O) groups is 1. The number of sulfonamides is 1. The zero-order chi connectivity index (χ0) is 32.9. The predicted molar refractivity (Wildman–Crippen MR) is 161 cm³/mol. The third-order valence-corrected chi connectivity index (χ3v) is 10.3. The van der Waals surface area contributed by atoms with E-state index in [-0.39, 0.29) is 48.2 Å². The van der Waals surface area contributed by atoms with Gasteiger partial charge >= 0.3 is 6.18 Å². The van der Waals surface area contributed by atoms with Crippen LogP contribution in [0.1, 0.15) is 62.7 Å². The lowest BCUT2D eigenvalue weighted by Crippen LogP contribution is -2.41. The van der Waals surface area contributed by atoms with Crippen LogP contribution >= 0.6 is 0 Å². The number of ether oxygens (including phenoxy) is 1. The Balaban J connectivity index is 1.27. The molecule has 6 rings (SSSR count). The first-order valence-electron chi connectivity index (χ1n) is 15.2. The molecule has 1 aliphatic carbocycles. The van der Waals surface area contributed by atoms with Gasteiger partial charge in [0.1, 0.15) is 11.6 Å². The maximum atomic E-state index is 13.6. The average Bonchev–Trinajstić information content (AvgIpc) is 3.60. The summed E-state index contributed by atoms with van der Waals surface area (Å²) in [7, 11) is -4.31. The van der Waals surface area contributed by atoms with Crippen LogP contribution in [0.3, 0.4) is 0 Å². The zero-order valence-corrected chi connectivity index (χ0v) is 26.2. The number of pyridine rings is 2. The number of hydrogen-bond donors (Lipinski definition) is 3. The third kappa shape index (κ3) is 6.24. The molecule has 3 N–H and O–H groups in total. The number of nitrogens with one attached hydrogen (secondary N) is 2. The molecule has 3 aromatic heterocycles. The average molecular weight is 664 g/mol. The maximum Gasteiger partial charge on any atom is 0.396 e. The van der Waals surface area contributed by atoms with Gasteiger partial charge in [-0.05, 0) is 76.1 Å². The van der Waals surface area contributed by atoms with Gasteiger partial charge in [-0.1, -0.05) is 6.07 Å². The lowest BCUT2D eigenvalue weighted by Gasteiger charge is -2.34. The second kappa shape index (κ2) is 11.7. The van der Waals surface area contributed by atoms with E-state index in [0.717, 1.165) is 19.3 Å². The Morgan fingerprint density at radius 3 is 2.67 bits per heavy atom. The van der Waals surface area contributed by atoms with Crippen LogP contribution in [0.2, 0.25) is 0 Å². The normalized spacial score (nSPS) is 22.4. The number of fused-ring (bicyclic) bond motifs is 6. The van der Waals surface area contributed by atoms with Gasteiger partial charge in [-0.15, -0.1) is 5.10 Å². The Hall–Kier alpha value is -3.92. The molecule has 3 aliphatic rings. The number of rotatable bonds is 6. The summed E-state index contributed by atoms with van der Waals surface area (Å²) in [6.45, 7) is 5.13. The van der Waals surface area contributed by atoms with Crippen molar-refractivity contribution in [3.8, 4) is 11.7 Å². The molecule has 46 heavy (non-hydrogen) atoms. The molecule has 16 heteroatoms. The summed E-state index contributed by atoms with van der Waals surface area (Å²) in [4.78, 5) is 24.6. The van der Waals surface area contributed by atoms with E-state index in [1.807, 2.05) is 4.90 Å². The van der Waals surface area contributed by atoms with E-state index in [9.17, 15) is 31.5 Å². The Morgan fingerprint density at radius 1 is 1.15 bits per heavy atom. The molecular formula is C30H36F3N7O5S. The lowest BCUT2D eigenvalue weighted by molar-refractivity contribution is -0.215. The minimum absolute atomic E-state index is 0.0569. The van der Waals surface area contributed by atoms with Gasteiger partial charge < -0.3 is 20.1 Å². The van der Waals surface area contributed by atoms with Crippen LogP contribution in [0.15, 0.2) is 47.6 Å². The number of alkyl halides is 3. The summed E-state index contributed by atoms with van der Waals surface area (Å²) in [6.07, 6.45) is -2.34. The monoisotopic (exact) mass is 663 g/mol. The Kier molecular flexibility index (Phi) is 8.15. The molecule has 2 fully saturated rings. The number of halogens is 3.